The Balaban J connectivity index is 1.56. The number of hydrogen-bond donors (Lipinski definition) is 3. The minimum absolute atomic E-state index is 0.143. The van der Waals surface area contributed by atoms with Gasteiger partial charge in [-0.3, -0.25) is 9.35 Å². The number of halogens is 1. The van der Waals surface area contributed by atoms with Crippen molar-refractivity contribution in [1.82, 2.24) is 4.31 Å². The number of carbonyl (C=O) groups is 1. The SMILES string of the molecule is O=C[C@]1(O)CN(S(=O)O)CCC/C=C/[C@H](O)[C@@H]2CC[C@H]2CN2CCCCc3cc(Cl)ccc3COc3ccc1cc32. The number of rotatable bonds is 2. The molecule has 0 spiro atoms. The zero-order valence-electron chi connectivity index (χ0n) is 23.2. The van der Waals surface area contributed by atoms with Crippen LogP contribution in [0.5, 0.6) is 5.75 Å². The van der Waals surface area contributed by atoms with E-state index in [1.165, 1.54) is 4.31 Å². The topological polar surface area (TPSA) is 111 Å². The summed E-state index contributed by atoms with van der Waals surface area (Å²) in [5.41, 5.74) is 1.34. The molecular weight excluding hydrogens is 564 g/mol. The highest BCUT2D eigenvalue weighted by molar-refractivity contribution is 7.76. The van der Waals surface area contributed by atoms with E-state index in [0.29, 0.717) is 48.6 Å². The Hall–Kier alpha value is -2.27. The predicted octanol–water partition coefficient (Wildman–Crippen LogP) is 4.62. The maximum atomic E-state index is 12.4. The number of aliphatic hydroxyl groups is 2. The summed E-state index contributed by atoms with van der Waals surface area (Å²) < 4.78 is 29.7. The molecule has 5 rings (SSSR count). The van der Waals surface area contributed by atoms with Crippen LogP contribution in [0.1, 0.15) is 55.2 Å². The van der Waals surface area contributed by atoms with Gasteiger partial charge in [0, 0.05) is 24.7 Å². The van der Waals surface area contributed by atoms with Crippen molar-refractivity contribution in [2.75, 3.05) is 31.1 Å². The van der Waals surface area contributed by atoms with Gasteiger partial charge in [-0.05, 0) is 97.7 Å². The molecule has 1 unspecified atom stereocenters. The quantitative estimate of drug-likeness (QED) is 0.261. The number of β-amino-alcohol motifs (C(OH)–C–C–N with tert-alkyl or cyclic N) is 1. The second kappa shape index (κ2) is 13.4. The van der Waals surface area contributed by atoms with Crippen molar-refractivity contribution in [3.63, 3.8) is 0 Å². The molecule has 2 aromatic carbocycles. The number of aliphatic hydroxyl groups excluding tert-OH is 1. The van der Waals surface area contributed by atoms with Crippen molar-refractivity contribution < 1.29 is 28.5 Å². The molecule has 3 N–H and O–H groups in total. The Morgan fingerprint density at radius 2 is 1.93 bits per heavy atom. The molecule has 0 radical (unpaired) electrons. The molecule has 2 aliphatic heterocycles. The van der Waals surface area contributed by atoms with E-state index in [4.69, 9.17) is 16.3 Å². The highest BCUT2D eigenvalue weighted by Gasteiger charge is 2.38. The third-order valence-electron chi connectivity index (χ3n) is 8.79. The van der Waals surface area contributed by atoms with Crippen LogP contribution in [0, 0.1) is 11.8 Å². The van der Waals surface area contributed by atoms with Gasteiger partial charge in [0.1, 0.15) is 12.4 Å². The molecule has 5 atom stereocenters. The lowest BCUT2D eigenvalue weighted by molar-refractivity contribution is -0.125. The number of aldehydes is 1. The fraction of sp³-hybridized carbons (Fsp3) is 0.516. The average molecular weight is 603 g/mol. The summed E-state index contributed by atoms with van der Waals surface area (Å²) in [7, 11) is 0. The Kier molecular flexibility index (Phi) is 9.84. The number of allylic oxidation sites excluding steroid dienone is 1. The van der Waals surface area contributed by atoms with Crippen molar-refractivity contribution in [1.29, 1.82) is 0 Å². The first kappa shape index (κ1) is 30.2. The van der Waals surface area contributed by atoms with E-state index in [0.717, 1.165) is 55.5 Å². The molecule has 0 aromatic heterocycles. The first-order valence-corrected chi connectivity index (χ1v) is 15.9. The van der Waals surface area contributed by atoms with E-state index in [-0.39, 0.29) is 24.9 Å². The largest absolute Gasteiger partial charge is 0.487 e. The van der Waals surface area contributed by atoms with E-state index >= 15 is 0 Å². The van der Waals surface area contributed by atoms with Gasteiger partial charge >= 0.3 is 0 Å². The minimum atomic E-state index is -2.38. The standard InChI is InChI=1S/C31H39ClN2O6S/c32-26-11-8-24-19-40-30-13-10-25-17-28(30)33(14-5-3-6-22(24)16-26)18-23-9-12-27(23)29(36)7-2-1-4-15-34(41(38)39)20-31(25,37)21-35/h2,7-8,10-11,13,16-17,21,23,27,29,36-37H,1,3-6,9,12,14-15,18-20H2,(H,38,39)/b7-2+/t23-,27+,29-,31+/m0/s1. The summed E-state index contributed by atoms with van der Waals surface area (Å²) in [4.78, 5) is 14.6. The molecule has 8 nitrogen and oxygen atoms in total. The normalized spacial score (nSPS) is 29.5. The van der Waals surface area contributed by atoms with Crippen molar-refractivity contribution in [3.05, 3.63) is 70.3 Å². The number of aryl methyl sites for hydroxylation is 1. The van der Waals surface area contributed by atoms with Crippen LogP contribution in [0.15, 0.2) is 48.6 Å². The van der Waals surface area contributed by atoms with Gasteiger partial charge in [0.25, 0.3) is 0 Å². The second-order valence-electron chi connectivity index (χ2n) is 11.5. The van der Waals surface area contributed by atoms with Crippen LogP contribution >= 0.6 is 11.6 Å². The highest BCUT2D eigenvalue weighted by Crippen LogP contribution is 2.41. The molecule has 1 fully saturated rings. The predicted molar refractivity (Wildman–Crippen MR) is 160 cm³/mol. The Bertz CT molecular complexity index is 1290. The fourth-order valence-corrected chi connectivity index (χ4v) is 6.99. The Morgan fingerprint density at radius 3 is 2.68 bits per heavy atom. The number of anilines is 1. The lowest BCUT2D eigenvalue weighted by atomic mass is 9.70. The van der Waals surface area contributed by atoms with E-state index in [1.807, 2.05) is 30.4 Å². The molecule has 1 saturated carbocycles. The van der Waals surface area contributed by atoms with E-state index in [9.17, 15) is 23.8 Å². The number of carbonyl (C=O) groups excluding carboxylic acids is 1. The van der Waals surface area contributed by atoms with Crippen molar-refractivity contribution >= 4 is 34.8 Å². The summed E-state index contributed by atoms with van der Waals surface area (Å²) in [6.45, 7) is 1.66. The molecule has 10 heteroatoms. The summed E-state index contributed by atoms with van der Waals surface area (Å²) in [5.74, 6) is 1.06. The Labute approximate surface area is 249 Å². The van der Waals surface area contributed by atoms with Gasteiger partial charge in [-0.15, -0.1) is 0 Å². The van der Waals surface area contributed by atoms with Gasteiger partial charge in [-0.2, -0.15) is 4.31 Å². The van der Waals surface area contributed by atoms with Crippen LogP contribution in [0.3, 0.4) is 0 Å². The number of hydrogen-bond acceptors (Lipinski definition) is 6. The van der Waals surface area contributed by atoms with E-state index in [1.54, 1.807) is 18.2 Å². The molecular formula is C31H39ClN2O6S. The van der Waals surface area contributed by atoms with Gasteiger partial charge in [-0.1, -0.05) is 35.9 Å². The van der Waals surface area contributed by atoms with Crippen LogP contribution in [-0.4, -0.2) is 61.8 Å². The zero-order chi connectivity index (χ0) is 29.0. The molecule has 2 heterocycles. The minimum Gasteiger partial charge on any atom is -0.487 e. The third kappa shape index (κ3) is 7.04. The van der Waals surface area contributed by atoms with Gasteiger partial charge in [0.15, 0.2) is 11.9 Å². The first-order chi connectivity index (χ1) is 19.8. The lowest BCUT2D eigenvalue weighted by Gasteiger charge is -2.43. The molecule has 2 bridgehead atoms. The molecule has 222 valence electrons. The third-order valence-corrected chi connectivity index (χ3v) is 9.78. The average Bonchev–Trinajstić information content (AvgIpc) is 2.97. The molecule has 2 aromatic rings. The van der Waals surface area contributed by atoms with Gasteiger partial charge in [-0.25, -0.2) is 4.21 Å². The monoisotopic (exact) mass is 602 g/mol. The van der Waals surface area contributed by atoms with Crippen LogP contribution in [0.4, 0.5) is 5.69 Å². The number of ether oxygens (including phenoxy) is 1. The Morgan fingerprint density at radius 1 is 1.07 bits per heavy atom. The smallest absolute Gasteiger partial charge is 0.234 e. The summed E-state index contributed by atoms with van der Waals surface area (Å²) in [6.07, 6.45) is 9.52. The summed E-state index contributed by atoms with van der Waals surface area (Å²) >= 11 is 3.92. The summed E-state index contributed by atoms with van der Waals surface area (Å²) in [5, 5.41) is 23.2. The zero-order valence-corrected chi connectivity index (χ0v) is 24.7. The fourth-order valence-electron chi connectivity index (χ4n) is 6.20. The van der Waals surface area contributed by atoms with E-state index < -0.39 is 23.0 Å². The second-order valence-corrected chi connectivity index (χ2v) is 12.9. The van der Waals surface area contributed by atoms with Gasteiger partial charge < -0.3 is 19.8 Å². The molecule has 3 aliphatic rings. The van der Waals surface area contributed by atoms with Gasteiger partial charge in [0.2, 0.25) is 11.3 Å². The molecule has 0 saturated heterocycles. The number of nitrogens with zero attached hydrogens (tertiary/aromatic N) is 2. The van der Waals surface area contributed by atoms with Crippen molar-refractivity contribution in [2.45, 2.75) is 63.3 Å². The molecule has 1 aliphatic carbocycles. The van der Waals surface area contributed by atoms with Crippen molar-refractivity contribution in [3.8, 4) is 5.75 Å². The van der Waals surface area contributed by atoms with Crippen LogP contribution in [0.25, 0.3) is 0 Å². The molecule has 0 amide bonds. The maximum absolute atomic E-state index is 12.4. The van der Waals surface area contributed by atoms with Crippen molar-refractivity contribution in [2.24, 2.45) is 11.8 Å². The van der Waals surface area contributed by atoms with E-state index in [2.05, 4.69) is 4.90 Å². The summed E-state index contributed by atoms with van der Waals surface area (Å²) in [6, 6.07) is 11.1. The van der Waals surface area contributed by atoms with Crippen LogP contribution < -0.4 is 9.64 Å². The lowest BCUT2D eigenvalue weighted by Crippen LogP contribution is -2.44. The number of benzene rings is 2. The molecule has 41 heavy (non-hydrogen) atoms. The maximum Gasteiger partial charge on any atom is 0.234 e. The van der Waals surface area contributed by atoms with Crippen LogP contribution in [-0.2, 0) is 34.7 Å². The van der Waals surface area contributed by atoms with Gasteiger partial charge in [0.05, 0.1) is 18.3 Å². The first-order valence-electron chi connectivity index (χ1n) is 14.5. The number of fused-ring (bicyclic) bond motifs is 3. The highest BCUT2D eigenvalue weighted by atomic mass is 35.5. The van der Waals surface area contributed by atoms with Crippen LogP contribution in [0.2, 0.25) is 5.02 Å².